The second-order valence-corrected chi connectivity index (χ2v) is 6.65. The molecule has 27 heavy (non-hydrogen) atoms. The van der Waals surface area contributed by atoms with Crippen molar-refractivity contribution in [2.45, 2.75) is 13.5 Å². The Morgan fingerprint density at radius 3 is 2.52 bits per heavy atom. The molecule has 0 radical (unpaired) electrons. The van der Waals surface area contributed by atoms with E-state index >= 15 is 0 Å². The lowest BCUT2D eigenvalue weighted by molar-refractivity contribution is -0.131. The van der Waals surface area contributed by atoms with Gasteiger partial charge in [-0.2, -0.15) is 5.10 Å². The van der Waals surface area contributed by atoms with E-state index in [2.05, 4.69) is 5.10 Å². The smallest absolute Gasteiger partial charge is 0.275 e. The first-order valence-electron chi connectivity index (χ1n) is 8.54. The number of ether oxygens (including phenoxy) is 1. The molecule has 0 saturated heterocycles. The molecule has 1 amide bonds. The molecule has 2 aromatic carbocycles. The van der Waals surface area contributed by atoms with E-state index in [1.807, 2.05) is 19.1 Å². The fourth-order valence-corrected chi connectivity index (χ4v) is 2.84. The van der Waals surface area contributed by atoms with Crippen LogP contribution in [0, 0.1) is 6.92 Å². The first kappa shape index (κ1) is 18.9. The van der Waals surface area contributed by atoms with Gasteiger partial charge < -0.3 is 9.64 Å². The van der Waals surface area contributed by atoms with Gasteiger partial charge in [-0.25, -0.2) is 4.68 Å². The number of carbonyl (C=O) groups excluding carboxylic acids is 1. The third-order valence-electron chi connectivity index (χ3n) is 4.27. The summed E-state index contributed by atoms with van der Waals surface area (Å²) in [5.41, 5.74) is 0.446. The van der Waals surface area contributed by atoms with Gasteiger partial charge in [-0.1, -0.05) is 29.8 Å². The van der Waals surface area contributed by atoms with Crippen molar-refractivity contribution in [1.82, 2.24) is 14.7 Å². The number of carbonyl (C=O) groups is 1. The van der Waals surface area contributed by atoms with Crippen molar-refractivity contribution in [3.63, 3.8) is 0 Å². The molecular weight excluding hydrogens is 366 g/mol. The first-order chi connectivity index (χ1) is 13.0. The summed E-state index contributed by atoms with van der Waals surface area (Å²) in [6.45, 7) is 2.44. The van der Waals surface area contributed by atoms with Gasteiger partial charge in [0.15, 0.2) is 0 Å². The summed E-state index contributed by atoms with van der Waals surface area (Å²) >= 11 is 5.83. The van der Waals surface area contributed by atoms with Crippen LogP contribution in [0.1, 0.15) is 5.69 Å². The number of rotatable bonds is 6. The van der Waals surface area contributed by atoms with E-state index in [9.17, 15) is 9.59 Å². The first-order valence-corrected chi connectivity index (χ1v) is 8.92. The zero-order valence-corrected chi connectivity index (χ0v) is 15.9. The monoisotopic (exact) mass is 385 g/mol. The molecule has 0 aliphatic carbocycles. The largest absolute Gasteiger partial charge is 0.492 e. The van der Waals surface area contributed by atoms with E-state index in [4.69, 9.17) is 16.3 Å². The maximum atomic E-state index is 12.6. The maximum absolute atomic E-state index is 12.6. The van der Waals surface area contributed by atoms with Crippen molar-refractivity contribution in [1.29, 1.82) is 0 Å². The van der Waals surface area contributed by atoms with Crippen molar-refractivity contribution in [2.75, 3.05) is 20.2 Å². The van der Waals surface area contributed by atoms with Crippen LogP contribution in [-0.2, 0) is 11.3 Å². The van der Waals surface area contributed by atoms with E-state index in [0.717, 1.165) is 5.39 Å². The van der Waals surface area contributed by atoms with Gasteiger partial charge in [0.05, 0.1) is 17.6 Å². The van der Waals surface area contributed by atoms with Crippen molar-refractivity contribution in [3.8, 4) is 5.75 Å². The molecule has 1 aromatic heterocycles. The average Bonchev–Trinajstić information content (AvgIpc) is 2.67. The van der Waals surface area contributed by atoms with Crippen LogP contribution in [0.2, 0.25) is 5.02 Å². The topological polar surface area (TPSA) is 64.4 Å². The Morgan fingerprint density at radius 1 is 1.15 bits per heavy atom. The van der Waals surface area contributed by atoms with Gasteiger partial charge in [0.1, 0.15) is 18.9 Å². The molecule has 0 unspecified atom stereocenters. The molecule has 0 spiro atoms. The molecule has 3 rings (SSSR count). The van der Waals surface area contributed by atoms with Crippen molar-refractivity contribution in [3.05, 3.63) is 69.6 Å². The highest BCUT2D eigenvalue weighted by atomic mass is 35.5. The lowest BCUT2D eigenvalue weighted by Crippen LogP contribution is -2.37. The van der Waals surface area contributed by atoms with Crippen LogP contribution in [0.15, 0.2) is 53.3 Å². The number of halogens is 1. The van der Waals surface area contributed by atoms with E-state index in [1.54, 1.807) is 43.4 Å². The lowest BCUT2D eigenvalue weighted by Gasteiger charge is -2.18. The van der Waals surface area contributed by atoms with Gasteiger partial charge >= 0.3 is 0 Å². The lowest BCUT2D eigenvalue weighted by atomic mass is 10.1. The summed E-state index contributed by atoms with van der Waals surface area (Å²) < 4.78 is 6.81. The minimum Gasteiger partial charge on any atom is -0.492 e. The molecule has 0 aliphatic rings. The summed E-state index contributed by atoms with van der Waals surface area (Å²) in [5, 5.41) is 6.27. The van der Waals surface area contributed by atoms with E-state index < -0.39 is 0 Å². The zero-order chi connectivity index (χ0) is 19.4. The highest BCUT2D eigenvalue weighted by molar-refractivity contribution is 6.30. The van der Waals surface area contributed by atoms with E-state index in [0.29, 0.717) is 35.0 Å². The van der Waals surface area contributed by atoms with Crippen molar-refractivity contribution >= 4 is 28.3 Å². The summed E-state index contributed by atoms with van der Waals surface area (Å²) in [5.74, 6) is 0.474. The third kappa shape index (κ3) is 4.46. The van der Waals surface area contributed by atoms with Crippen LogP contribution < -0.4 is 10.3 Å². The Labute approximate surface area is 161 Å². The van der Waals surface area contributed by atoms with E-state index in [-0.39, 0.29) is 18.0 Å². The summed E-state index contributed by atoms with van der Waals surface area (Å²) in [6, 6.07) is 14.3. The predicted octanol–water partition coefficient (Wildman–Crippen LogP) is 2.90. The fraction of sp³-hybridized carbons (Fsp3) is 0.250. The average molecular weight is 386 g/mol. The third-order valence-corrected chi connectivity index (χ3v) is 4.52. The van der Waals surface area contributed by atoms with E-state index in [1.165, 1.54) is 9.58 Å². The van der Waals surface area contributed by atoms with Gasteiger partial charge in [-0.05, 0) is 37.3 Å². The van der Waals surface area contributed by atoms with Crippen molar-refractivity contribution < 1.29 is 9.53 Å². The molecule has 0 bridgehead atoms. The minimum atomic E-state index is -0.268. The number of benzene rings is 2. The van der Waals surface area contributed by atoms with Gasteiger partial charge in [-0.15, -0.1) is 0 Å². The minimum absolute atomic E-state index is 0.109. The fourth-order valence-electron chi connectivity index (χ4n) is 2.72. The molecule has 0 N–H and O–H groups in total. The molecule has 0 aliphatic heterocycles. The molecule has 6 nitrogen and oxygen atoms in total. The molecule has 140 valence electrons. The highest BCUT2D eigenvalue weighted by Gasteiger charge is 2.14. The zero-order valence-electron chi connectivity index (χ0n) is 15.2. The number of fused-ring (bicyclic) bond motifs is 1. The summed E-state index contributed by atoms with van der Waals surface area (Å²) in [7, 11) is 1.67. The number of likely N-dealkylation sites (N-methyl/N-ethyl adjacent to an activating group) is 1. The quantitative estimate of drug-likeness (QED) is 0.654. The van der Waals surface area contributed by atoms with Gasteiger partial charge in [0.2, 0.25) is 5.91 Å². The maximum Gasteiger partial charge on any atom is 0.275 e. The van der Waals surface area contributed by atoms with Crippen LogP contribution in [0.4, 0.5) is 0 Å². The van der Waals surface area contributed by atoms with Crippen molar-refractivity contribution in [2.24, 2.45) is 0 Å². The molecule has 7 heteroatoms. The van der Waals surface area contributed by atoms with Crippen LogP contribution in [0.5, 0.6) is 5.75 Å². The van der Waals surface area contributed by atoms with Crippen LogP contribution in [-0.4, -0.2) is 40.8 Å². The Morgan fingerprint density at radius 2 is 1.81 bits per heavy atom. The molecule has 1 heterocycles. The normalized spacial score (nSPS) is 10.8. The standard InChI is InChI=1S/C20H20ClN3O3/c1-14-17-5-3-4-6-18(17)20(26)24(22-14)13-19(25)23(2)11-12-27-16-9-7-15(21)8-10-16/h3-10H,11-13H2,1-2H3. The Balaban J connectivity index is 1.63. The summed E-state index contributed by atoms with van der Waals surface area (Å²) in [6.07, 6.45) is 0. The molecular formula is C20H20ClN3O3. The number of aromatic nitrogens is 2. The second-order valence-electron chi connectivity index (χ2n) is 6.21. The Kier molecular flexibility index (Phi) is 5.76. The second kappa shape index (κ2) is 8.22. The van der Waals surface area contributed by atoms with Crippen LogP contribution >= 0.6 is 11.6 Å². The number of aryl methyl sites for hydroxylation is 1. The molecule has 0 atom stereocenters. The molecule has 0 fully saturated rings. The van der Waals surface area contributed by atoms with Gasteiger partial charge in [-0.3, -0.25) is 9.59 Å². The van der Waals surface area contributed by atoms with Gasteiger partial charge in [0.25, 0.3) is 5.56 Å². The SMILES string of the molecule is Cc1nn(CC(=O)N(C)CCOc2ccc(Cl)cc2)c(=O)c2ccccc12. The highest BCUT2D eigenvalue weighted by Crippen LogP contribution is 2.15. The molecule has 3 aromatic rings. The Bertz CT molecular complexity index is 1020. The summed E-state index contributed by atoms with van der Waals surface area (Å²) in [4.78, 5) is 26.5. The number of hydrogen-bond acceptors (Lipinski definition) is 4. The van der Waals surface area contributed by atoms with Gasteiger partial charge in [0, 0.05) is 17.5 Å². The van der Waals surface area contributed by atoms with Crippen LogP contribution in [0.25, 0.3) is 10.8 Å². The number of nitrogens with zero attached hydrogens (tertiary/aromatic N) is 3. The Hall–Kier alpha value is -2.86. The number of hydrogen-bond donors (Lipinski definition) is 0. The predicted molar refractivity (Wildman–Crippen MR) is 105 cm³/mol. The molecule has 0 saturated carbocycles. The number of amides is 1. The van der Waals surface area contributed by atoms with Crippen LogP contribution in [0.3, 0.4) is 0 Å².